The van der Waals surface area contributed by atoms with Gasteiger partial charge >= 0.3 is 0 Å². The lowest BCUT2D eigenvalue weighted by atomic mass is 9.95. The van der Waals surface area contributed by atoms with Gasteiger partial charge in [-0.1, -0.05) is 19.3 Å². The Bertz CT molecular complexity index is 1130. The number of aryl methyl sites for hydroxylation is 1. The molecule has 3 aromatic rings. The van der Waals surface area contributed by atoms with Gasteiger partial charge < -0.3 is 14.6 Å². The maximum Gasteiger partial charge on any atom is 0.277 e. The van der Waals surface area contributed by atoms with Gasteiger partial charge in [0.1, 0.15) is 17.1 Å². The summed E-state index contributed by atoms with van der Waals surface area (Å²) in [4.78, 5) is 33.3. The number of nitrogens with one attached hydrogen (secondary N) is 1. The van der Waals surface area contributed by atoms with Crippen LogP contribution in [0.25, 0.3) is 22.4 Å². The second-order valence-electron chi connectivity index (χ2n) is 7.76. The molecule has 158 valence electrons. The van der Waals surface area contributed by atoms with Crippen LogP contribution in [-0.4, -0.2) is 39.8 Å². The van der Waals surface area contributed by atoms with Crippen LogP contribution in [0.15, 0.2) is 23.0 Å². The van der Waals surface area contributed by atoms with E-state index in [1.807, 2.05) is 24.6 Å². The number of rotatable bonds is 6. The van der Waals surface area contributed by atoms with Crippen LogP contribution in [0.5, 0.6) is 5.75 Å². The molecule has 8 nitrogen and oxygen atoms in total. The van der Waals surface area contributed by atoms with Crippen molar-refractivity contribution in [3.63, 3.8) is 0 Å². The van der Waals surface area contributed by atoms with Gasteiger partial charge in [-0.15, -0.1) is 0 Å². The lowest BCUT2D eigenvalue weighted by Gasteiger charge is -2.22. The van der Waals surface area contributed by atoms with Crippen molar-refractivity contribution < 1.29 is 9.53 Å². The number of ether oxygens (including phenoxy) is 1. The van der Waals surface area contributed by atoms with Crippen molar-refractivity contribution in [2.24, 2.45) is 0 Å². The fraction of sp³-hybridized carbons (Fsp3) is 0.455. The highest BCUT2D eigenvalue weighted by atomic mass is 16.5. The molecule has 0 bridgehead atoms. The van der Waals surface area contributed by atoms with Crippen LogP contribution in [-0.2, 0) is 4.79 Å². The van der Waals surface area contributed by atoms with Crippen molar-refractivity contribution >= 4 is 23.1 Å². The average molecular weight is 409 g/mol. The normalized spacial score (nSPS) is 14.8. The number of anilines is 1. The fourth-order valence-corrected chi connectivity index (χ4v) is 4.17. The lowest BCUT2D eigenvalue weighted by Crippen LogP contribution is -2.19. The average Bonchev–Trinajstić information content (AvgIpc) is 3.11. The molecule has 8 heteroatoms. The summed E-state index contributed by atoms with van der Waals surface area (Å²) in [6, 6.07) is 5.64. The van der Waals surface area contributed by atoms with Crippen LogP contribution in [0, 0.1) is 6.92 Å². The molecule has 0 aliphatic heterocycles. The highest BCUT2D eigenvalue weighted by Gasteiger charge is 2.23. The molecular weight excluding hydrogens is 382 g/mol. The summed E-state index contributed by atoms with van der Waals surface area (Å²) in [6.07, 6.45) is 6.37. The Balaban J connectivity index is 1.83. The van der Waals surface area contributed by atoms with Gasteiger partial charge in [0, 0.05) is 18.8 Å². The quantitative estimate of drug-likeness (QED) is 0.628. The van der Waals surface area contributed by atoms with Crippen LogP contribution in [0.4, 0.5) is 5.69 Å². The maximum atomic E-state index is 13.1. The molecule has 2 heterocycles. The molecule has 0 radical (unpaired) electrons. The number of aromatic amines is 1. The van der Waals surface area contributed by atoms with Crippen LogP contribution >= 0.6 is 0 Å². The van der Waals surface area contributed by atoms with E-state index < -0.39 is 0 Å². The second kappa shape index (κ2) is 8.30. The Morgan fingerprint density at radius 3 is 2.77 bits per heavy atom. The topological polar surface area (TPSA) is 93.1 Å². The van der Waals surface area contributed by atoms with E-state index >= 15 is 0 Å². The number of H-pyrrole nitrogens is 1. The highest BCUT2D eigenvalue weighted by molar-refractivity contribution is 5.81. The number of hydrogen-bond donors (Lipinski definition) is 1. The molecule has 0 atom stereocenters. The Morgan fingerprint density at radius 2 is 2.07 bits per heavy atom. The van der Waals surface area contributed by atoms with Gasteiger partial charge in [0.15, 0.2) is 5.52 Å². The van der Waals surface area contributed by atoms with Gasteiger partial charge in [0.05, 0.1) is 23.9 Å². The van der Waals surface area contributed by atoms with Crippen molar-refractivity contribution in [2.45, 2.75) is 52.0 Å². The zero-order valence-corrected chi connectivity index (χ0v) is 17.6. The third-order valence-corrected chi connectivity index (χ3v) is 5.73. The molecule has 1 amide bonds. The number of hydrogen-bond acceptors (Lipinski definition) is 5. The Morgan fingerprint density at radius 1 is 1.30 bits per heavy atom. The molecule has 4 rings (SSSR count). The first kappa shape index (κ1) is 20.1. The summed E-state index contributed by atoms with van der Waals surface area (Å²) in [5.41, 5.74) is 3.08. The van der Waals surface area contributed by atoms with Gasteiger partial charge in [-0.2, -0.15) is 5.10 Å². The largest absolute Gasteiger partial charge is 0.493 e. The van der Waals surface area contributed by atoms with Crippen molar-refractivity contribution in [3.8, 4) is 17.1 Å². The molecule has 0 saturated heterocycles. The minimum Gasteiger partial charge on any atom is -0.493 e. The van der Waals surface area contributed by atoms with E-state index in [2.05, 4.69) is 10.1 Å². The molecule has 1 saturated carbocycles. The van der Waals surface area contributed by atoms with Gasteiger partial charge in [0.25, 0.3) is 5.56 Å². The first-order chi connectivity index (χ1) is 14.5. The first-order valence-corrected chi connectivity index (χ1v) is 10.5. The summed E-state index contributed by atoms with van der Waals surface area (Å²) in [6.45, 7) is 4.23. The highest BCUT2D eigenvalue weighted by Crippen LogP contribution is 2.33. The van der Waals surface area contributed by atoms with Crippen LogP contribution in [0.3, 0.4) is 0 Å². The third-order valence-electron chi connectivity index (χ3n) is 5.73. The molecule has 30 heavy (non-hydrogen) atoms. The van der Waals surface area contributed by atoms with E-state index in [0.717, 1.165) is 37.8 Å². The molecule has 1 fully saturated rings. The minimum absolute atomic E-state index is 0.197. The zero-order valence-electron chi connectivity index (χ0n) is 17.6. The van der Waals surface area contributed by atoms with E-state index in [-0.39, 0.29) is 11.6 Å². The second-order valence-corrected chi connectivity index (χ2v) is 7.76. The molecule has 0 unspecified atom stereocenters. The van der Waals surface area contributed by atoms with Crippen molar-refractivity contribution in [3.05, 3.63) is 34.2 Å². The van der Waals surface area contributed by atoms with E-state index in [1.54, 1.807) is 19.2 Å². The summed E-state index contributed by atoms with van der Waals surface area (Å²) in [7, 11) is 1.67. The summed E-state index contributed by atoms with van der Waals surface area (Å²) in [5.74, 6) is 0.992. The predicted octanol–water partition coefficient (Wildman–Crippen LogP) is 3.59. The Hall–Kier alpha value is -3.16. The lowest BCUT2D eigenvalue weighted by molar-refractivity contribution is -0.107. The number of carbonyl (C=O) groups is 1. The van der Waals surface area contributed by atoms with E-state index in [9.17, 15) is 9.59 Å². The minimum atomic E-state index is -0.197. The van der Waals surface area contributed by atoms with Crippen LogP contribution in [0.1, 0.15) is 50.8 Å². The van der Waals surface area contributed by atoms with Crippen LogP contribution in [0.2, 0.25) is 0 Å². The molecule has 2 aromatic heterocycles. The monoisotopic (exact) mass is 409 g/mol. The van der Waals surface area contributed by atoms with Crippen molar-refractivity contribution in [1.29, 1.82) is 0 Å². The van der Waals surface area contributed by atoms with Crippen molar-refractivity contribution in [1.82, 2.24) is 19.7 Å². The summed E-state index contributed by atoms with van der Waals surface area (Å²) >= 11 is 0. The summed E-state index contributed by atoms with van der Waals surface area (Å²) < 4.78 is 7.66. The number of carbonyl (C=O) groups excluding carboxylic acids is 1. The van der Waals surface area contributed by atoms with E-state index in [4.69, 9.17) is 9.72 Å². The SMILES string of the molecule is CCOc1cc(N(C)C=O)ccc1-c1nc2c(C)nn(C3CCCCC3)c2c(=O)[nH]1. The van der Waals surface area contributed by atoms with Gasteiger partial charge in [0.2, 0.25) is 6.41 Å². The van der Waals surface area contributed by atoms with E-state index in [0.29, 0.717) is 40.5 Å². The van der Waals surface area contributed by atoms with Gasteiger partial charge in [-0.3, -0.25) is 14.3 Å². The molecule has 1 aliphatic rings. The number of benzene rings is 1. The van der Waals surface area contributed by atoms with E-state index in [1.165, 1.54) is 11.3 Å². The number of amides is 1. The predicted molar refractivity (Wildman–Crippen MR) is 116 cm³/mol. The molecule has 1 N–H and O–H groups in total. The molecule has 0 spiro atoms. The smallest absolute Gasteiger partial charge is 0.277 e. The van der Waals surface area contributed by atoms with Gasteiger partial charge in [-0.25, -0.2) is 4.98 Å². The molecule has 1 aliphatic carbocycles. The number of nitrogens with zero attached hydrogens (tertiary/aromatic N) is 4. The third kappa shape index (κ3) is 3.58. The van der Waals surface area contributed by atoms with Crippen LogP contribution < -0.4 is 15.2 Å². The first-order valence-electron chi connectivity index (χ1n) is 10.5. The number of fused-ring (bicyclic) bond motifs is 1. The maximum absolute atomic E-state index is 13.1. The zero-order chi connectivity index (χ0) is 21.3. The van der Waals surface area contributed by atoms with Crippen molar-refractivity contribution in [2.75, 3.05) is 18.6 Å². The Labute approximate surface area is 174 Å². The van der Waals surface area contributed by atoms with Gasteiger partial charge in [-0.05, 0) is 38.8 Å². The fourth-order valence-electron chi connectivity index (χ4n) is 4.17. The molecular formula is C22H27N5O3. The Kier molecular flexibility index (Phi) is 5.57. The number of aromatic nitrogens is 4. The summed E-state index contributed by atoms with van der Waals surface area (Å²) in [5, 5.41) is 4.67. The molecule has 1 aromatic carbocycles. The standard InChI is InChI=1S/C22H27N5O3/c1-4-30-18-12-16(26(3)13-28)10-11-17(18)21-23-19-14(2)25-27(20(19)22(29)24-21)15-8-6-5-7-9-15/h10-13,15H,4-9H2,1-3H3,(H,23,24,29).